The topological polar surface area (TPSA) is 98.0 Å². The van der Waals surface area contributed by atoms with E-state index in [0.29, 0.717) is 0 Å². The van der Waals surface area contributed by atoms with Gasteiger partial charge in [0.15, 0.2) is 5.78 Å². The SMILES string of the molecule is O=C1C(O)[CH-][C@H](O)C(O)C1O.[Mn]. The number of Topliss-reactive ketones (excluding diaryl/α,β-unsaturated/α-hetero) is 1. The summed E-state index contributed by atoms with van der Waals surface area (Å²) < 4.78 is 0. The van der Waals surface area contributed by atoms with Gasteiger partial charge in [0.2, 0.25) is 0 Å². The van der Waals surface area contributed by atoms with Crippen molar-refractivity contribution in [3.8, 4) is 0 Å². The maximum absolute atomic E-state index is 10.7. The molecule has 0 aromatic rings. The van der Waals surface area contributed by atoms with E-state index >= 15 is 0 Å². The Bertz CT molecular complexity index is 173. The zero-order chi connectivity index (χ0) is 8.59. The van der Waals surface area contributed by atoms with Crippen LogP contribution in [0.15, 0.2) is 0 Å². The van der Waals surface area contributed by atoms with Crippen LogP contribution < -0.4 is 0 Å². The summed E-state index contributed by atoms with van der Waals surface area (Å²) >= 11 is 0. The molecule has 3 unspecified atom stereocenters. The van der Waals surface area contributed by atoms with Crippen LogP contribution in [0.5, 0.6) is 0 Å². The van der Waals surface area contributed by atoms with E-state index < -0.39 is 30.2 Å². The van der Waals surface area contributed by atoms with E-state index in [0.717, 1.165) is 6.42 Å². The molecule has 1 fully saturated rings. The van der Waals surface area contributed by atoms with Gasteiger partial charge in [0.25, 0.3) is 0 Å². The maximum atomic E-state index is 10.7. The molecule has 4 N–H and O–H groups in total. The maximum Gasteiger partial charge on any atom is 0.161 e. The van der Waals surface area contributed by atoms with Crippen molar-refractivity contribution in [2.45, 2.75) is 24.4 Å². The molecule has 4 atom stereocenters. The molecule has 0 heterocycles. The zero-order valence-electron chi connectivity index (χ0n) is 5.96. The Balaban J connectivity index is 0.00000121. The number of aliphatic hydroxyl groups excluding tert-OH is 4. The number of ketones is 1. The fourth-order valence-corrected chi connectivity index (χ4v) is 0.925. The third kappa shape index (κ3) is 2.04. The van der Waals surface area contributed by atoms with Crippen LogP contribution in [0.1, 0.15) is 0 Å². The molecule has 1 rings (SSSR count). The Labute approximate surface area is 79.5 Å². The quantitative estimate of drug-likeness (QED) is 0.259. The summed E-state index contributed by atoms with van der Waals surface area (Å²) in [6, 6.07) is 0. The molecule has 0 bridgehead atoms. The van der Waals surface area contributed by atoms with E-state index in [2.05, 4.69) is 0 Å². The van der Waals surface area contributed by atoms with Gasteiger partial charge in [0.1, 0.15) is 6.10 Å². The molecule has 12 heavy (non-hydrogen) atoms. The first-order valence-corrected chi connectivity index (χ1v) is 3.15. The number of carbonyl (C=O) groups is 1. The van der Waals surface area contributed by atoms with Crippen LogP contribution in [0.4, 0.5) is 0 Å². The number of hydrogen-bond donors (Lipinski definition) is 4. The van der Waals surface area contributed by atoms with Crippen LogP contribution in [-0.2, 0) is 21.9 Å². The van der Waals surface area contributed by atoms with E-state index in [1.165, 1.54) is 0 Å². The fourth-order valence-electron chi connectivity index (χ4n) is 0.925. The first-order valence-electron chi connectivity index (χ1n) is 3.15. The second-order valence-electron chi connectivity index (χ2n) is 2.47. The zero-order valence-corrected chi connectivity index (χ0v) is 7.14. The molecule has 0 saturated heterocycles. The van der Waals surface area contributed by atoms with Gasteiger partial charge in [-0.15, -0.1) is 0 Å². The summed E-state index contributed by atoms with van der Waals surface area (Å²) in [4.78, 5) is 10.7. The molecule has 0 aromatic heterocycles. The smallest absolute Gasteiger partial charge is 0.161 e. The first-order chi connectivity index (χ1) is 5.04. The first kappa shape index (κ1) is 12.0. The molecule has 1 aliphatic carbocycles. The molecule has 1 radical (unpaired) electrons. The second-order valence-corrected chi connectivity index (χ2v) is 2.47. The van der Waals surface area contributed by atoms with Crippen LogP contribution in [0.2, 0.25) is 0 Å². The van der Waals surface area contributed by atoms with Crippen molar-refractivity contribution in [2.24, 2.45) is 0 Å². The number of hydrogen-bond acceptors (Lipinski definition) is 5. The van der Waals surface area contributed by atoms with Crippen molar-refractivity contribution in [3.63, 3.8) is 0 Å². The van der Waals surface area contributed by atoms with Crippen LogP contribution in [0.3, 0.4) is 0 Å². The Hall–Kier alpha value is 0.0295. The monoisotopic (exact) mass is 216 g/mol. The molecule has 0 spiro atoms. The van der Waals surface area contributed by atoms with Crippen LogP contribution in [0, 0.1) is 6.42 Å². The minimum atomic E-state index is -1.69. The Morgan fingerprint density at radius 3 is 2.17 bits per heavy atom. The summed E-state index contributed by atoms with van der Waals surface area (Å²) in [6.07, 6.45) is -5.17. The number of aliphatic hydroxyl groups is 4. The van der Waals surface area contributed by atoms with E-state index in [9.17, 15) is 4.79 Å². The second kappa shape index (κ2) is 4.32. The van der Waals surface area contributed by atoms with Gasteiger partial charge < -0.3 is 20.4 Å². The minimum absolute atomic E-state index is 0. The Kier molecular flexibility index (Phi) is 4.33. The van der Waals surface area contributed by atoms with Gasteiger partial charge >= 0.3 is 0 Å². The van der Waals surface area contributed by atoms with Gasteiger partial charge in [0, 0.05) is 17.1 Å². The molecule has 0 aliphatic heterocycles. The van der Waals surface area contributed by atoms with Crippen molar-refractivity contribution in [1.82, 2.24) is 0 Å². The fraction of sp³-hybridized carbons (Fsp3) is 0.667. The Morgan fingerprint density at radius 2 is 1.67 bits per heavy atom. The van der Waals surface area contributed by atoms with Crippen LogP contribution in [0.25, 0.3) is 0 Å². The average Bonchev–Trinajstić information content (AvgIpc) is 1.97. The van der Waals surface area contributed by atoms with E-state index in [-0.39, 0.29) is 17.1 Å². The molecule has 71 valence electrons. The van der Waals surface area contributed by atoms with E-state index in [1.807, 2.05) is 0 Å². The van der Waals surface area contributed by atoms with Gasteiger partial charge in [-0.1, -0.05) is 0 Å². The summed E-state index contributed by atoms with van der Waals surface area (Å²) in [5.41, 5.74) is 0. The molecule has 0 aromatic carbocycles. The standard InChI is InChI=1S/C6H9O5.Mn/c7-2-1-3(8)5(10)6(11)4(2)9;/h1-4,6-9,11H;/q-1;/t2-,3?,4?,6?;/m0./s1. The normalized spacial score (nSPS) is 42.2. The van der Waals surface area contributed by atoms with Crippen molar-refractivity contribution in [2.75, 3.05) is 0 Å². The van der Waals surface area contributed by atoms with Gasteiger partial charge in [-0.2, -0.15) is 0 Å². The van der Waals surface area contributed by atoms with Crippen LogP contribution in [-0.4, -0.2) is 50.6 Å². The Morgan fingerprint density at radius 1 is 1.17 bits per heavy atom. The third-order valence-electron chi connectivity index (χ3n) is 1.64. The number of carbonyl (C=O) groups excluding carboxylic acids is 1. The molecule has 5 nitrogen and oxygen atoms in total. The predicted molar refractivity (Wildman–Crippen MR) is 33.3 cm³/mol. The molecular weight excluding hydrogens is 207 g/mol. The van der Waals surface area contributed by atoms with Crippen LogP contribution >= 0.6 is 0 Å². The summed E-state index contributed by atoms with van der Waals surface area (Å²) in [7, 11) is 0. The largest absolute Gasteiger partial charge is 0.422 e. The van der Waals surface area contributed by atoms with Crippen molar-refractivity contribution < 1.29 is 42.3 Å². The predicted octanol–water partition coefficient (Wildman–Crippen LogP) is -2.79. The van der Waals surface area contributed by atoms with Crippen molar-refractivity contribution in [1.29, 1.82) is 0 Å². The van der Waals surface area contributed by atoms with E-state index in [1.54, 1.807) is 0 Å². The summed E-state index contributed by atoms with van der Waals surface area (Å²) in [6.45, 7) is 0. The summed E-state index contributed by atoms with van der Waals surface area (Å²) in [5.74, 6) is -0.886. The molecule has 6 heteroatoms. The third-order valence-corrected chi connectivity index (χ3v) is 1.64. The summed E-state index contributed by atoms with van der Waals surface area (Å²) in [5, 5.41) is 35.4. The van der Waals surface area contributed by atoms with Crippen molar-refractivity contribution in [3.05, 3.63) is 6.42 Å². The van der Waals surface area contributed by atoms with Gasteiger partial charge in [-0.25, -0.2) is 0 Å². The molecule has 0 amide bonds. The van der Waals surface area contributed by atoms with Gasteiger partial charge in [-0.05, 0) is 12.2 Å². The van der Waals surface area contributed by atoms with Crippen molar-refractivity contribution >= 4 is 5.78 Å². The van der Waals surface area contributed by atoms with Gasteiger partial charge in [-0.3, -0.25) is 11.2 Å². The molecule has 1 saturated carbocycles. The number of rotatable bonds is 0. The van der Waals surface area contributed by atoms with Gasteiger partial charge in [0.05, 0.1) is 6.10 Å². The average molecular weight is 216 g/mol. The molecule has 1 aliphatic rings. The molecular formula is C6H9MnO5-. The van der Waals surface area contributed by atoms with E-state index in [4.69, 9.17) is 20.4 Å². The minimum Gasteiger partial charge on any atom is -0.422 e.